The molecule has 2 amide bonds. The number of allylic oxidation sites excluding steroid dienone is 2. The van der Waals surface area contributed by atoms with Crippen LogP contribution in [-0.4, -0.2) is 17.6 Å². The van der Waals surface area contributed by atoms with Crippen LogP contribution in [0, 0.1) is 32.1 Å². The number of benzene rings is 3. The molecule has 3 N–H and O–H groups in total. The van der Waals surface area contributed by atoms with Crippen LogP contribution in [0.3, 0.4) is 0 Å². The molecule has 0 saturated carbocycles. The van der Waals surface area contributed by atoms with Gasteiger partial charge in [0.05, 0.1) is 28.3 Å². The molecule has 1 aliphatic rings. The Hall–Kier alpha value is -4.28. The Kier molecular flexibility index (Phi) is 8.35. The highest BCUT2D eigenvalue weighted by atomic mass is 32.2. The van der Waals surface area contributed by atoms with Crippen molar-refractivity contribution in [3.05, 3.63) is 117 Å². The van der Waals surface area contributed by atoms with Crippen LogP contribution in [0.2, 0.25) is 0 Å². The van der Waals surface area contributed by atoms with Crippen molar-refractivity contribution in [1.82, 2.24) is 5.32 Å². The Morgan fingerprint density at radius 1 is 0.895 bits per heavy atom. The van der Waals surface area contributed by atoms with E-state index >= 15 is 0 Å². The quantitative estimate of drug-likeness (QED) is 0.338. The van der Waals surface area contributed by atoms with Crippen LogP contribution in [0.1, 0.15) is 35.1 Å². The second-order valence-corrected chi connectivity index (χ2v) is 10.3. The van der Waals surface area contributed by atoms with E-state index in [9.17, 15) is 14.9 Å². The molecule has 0 aliphatic carbocycles. The summed E-state index contributed by atoms with van der Waals surface area (Å²) >= 11 is 1.26. The summed E-state index contributed by atoms with van der Waals surface area (Å²) in [7, 11) is 0. The molecule has 1 aliphatic heterocycles. The number of hydrogen-bond acceptors (Lipinski definition) is 5. The highest BCUT2D eigenvalue weighted by Gasteiger charge is 2.35. The van der Waals surface area contributed by atoms with Crippen LogP contribution >= 0.6 is 11.8 Å². The normalized spacial score (nSPS) is 15.0. The van der Waals surface area contributed by atoms with Gasteiger partial charge in [0, 0.05) is 22.6 Å². The van der Waals surface area contributed by atoms with Crippen LogP contribution < -0.4 is 16.0 Å². The van der Waals surface area contributed by atoms with Gasteiger partial charge in [-0.25, -0.2) is 0 Å². The van der Waals surface area contributed by atoms with Gasteiger partial charge in [0.25, 0.3) is 5.91 Å². The third-order valence-corrected chi connectivity index (χ3v) is 7.44. The van der Waals surface area contributed by atoms with E-state index in [4.69, 9.17) is 0 Å². The van der Waals surface area contributed by atoms with Crippen molar-refractivity contribution in [1.29, 1.82) is 5.26 Å². The van der Waals surface area contributed by atoms with E-state index in [1.165, 1.54) is 11.8 Å². The van der Waals surface area contributed by atoms with E-state index in [1.54, 1.807) is 0 Å². The molecule has 0 fully saturated rings. The molecule has 0 radical (unpaired) electrons. The smallest absolute Gasteiger partial charge is 0.254 e. The Bertz CT molecular complexity index is 1490. The third kappa shape index (κ3) is 5.99. The summed E-state index contributed by atoms with van der Waals surface area (Å²) in [5.74, 6) is -0.908. The number of aryl methyl sites for hydroxylation is 3. The highest BCUT2D eigenvalue weighted by Crippen LogP contribution is 2.41. The topological polar surface area (TPSA) is 94.0 Å². The average molecular weight is 523 g/mol. The molecule has 4 rings (SSSR count). The first-order valence-electron chi connectivity index (χ1n) is 12.3. The molecule has 3 aromatic rings. The number of anilines is 2. The number of para-hydroxylation sites is 1. The molecule has 0 bridgehead atoms. The summed E-state index contributed by atoms with van der Waals surface area (Å²) in [5, 5.41) is 20.0. The molecular weight excluding hydrogens is 492 g/mol. The Morgan fingerprint density at radius 3 is 2.26 bits per heavy atom. The zero-order chi connectivity index (χ0) is 27.2. The Labute approximate surface area is 227 Å². The number of nitrogens with one attached hydrogen (secondary N) is 3. The first-order valence-corrected chi connectivity index (χ1v) is 13.3. The van der Waals surface area contributed by atoms with Gasteiger partial charge in [0.2, 0.25) is 5.91 Å². The van der Waals surface area contributed by atoms with Crippen molar-refractivity contribution in [3.63, 3.8) is 0 Å². The standard InChI is InChI=1S/C31H30N4O2S/c1-19-14-15-26(21(3)16-19)34-27(36)18-38-31-24(17-32)29(23-11-6-5-7-12-23)28(22(4)33-31)30(37)35-25-13-9-8-10-20(25)2/h5-16,29,33H,18H2,1-4H3,(H,34,36)(H,35,37)/t29-/m1/s1. The number of dihydropyridines is 1. The number of carbonyl (C=O) groups excluding carboxylic acids is 2. The van der Waals surface area contributed by atoms with Gasteiger partial charge in [-0.3, -0.25) is 9.59 Å². The predicted molar refractivity (Wildman–Crippen MR) is 154 cm³/mol. The summed E-state index contributed by atoms with van der Waals surface area (Å²) in [5.41, 5.74) is 6.89. The molecule has 0 saturated heterocycles. The highest BCUT2D eigenvalue weighted by molar-refractivity contribution is 8.03. The van der Waals surface area contributed by atoms with Crippen molar-refractivity contribution in [2.45, 2.75) is 33.6 Å². The fourth-order valence-electron chi connectivity index (χ4n) is 4.49. The summed E-state index contributed by atoms with van der Waals surface area (Å²) in [6.07, 6.45) is 0. The fraction of sp³-hybridized carbons (Fsp3) is 0.194. The molecule has 0 spiro atoms. The van der Waals surface area contributed by atoms with Crippen molar-refractivity contribution < 1.29 is 9.59 Å². The van der Waals surface area contributed by atoms with E-state index in [2.05, 4.69) is 22.0 Å². The minimum atomic E-state index is -0.573. The third-order valence-electron chi connectivity index (χ3n) is 6.42. The largest absolute Gasteiger partial charge is 0.353 e. The minimum Gasteiger partial charge on any atom is -0.353 e. The van der Waals surface area contributed by atoms with Crippen LogP contribution in [0.4, 0.5) is 11.4 Å². The van der Waals surface area contributed by atoms with Crippen LogP contribution in [-0.2, 0) is 9.59 Å². The van der Waals surface area contributed by atoms with Crippen LogP contribution in [0.15, 0.2) is 94.7 Å². The molecular formula is C31H30N4O2S. The molecule has 38 heavy (non-hydrogen) atoms. The molecule has 1 atom stereocenters. The van der Waals surface area contributed by atoms with Crippen LogP contribution in [0.25, 0.3) is 0 Å². The lowest BCUT2D eigenvalue weighted by molar-refractivity contribution is -0.114. The van der Waals surface area contributed by atoms with Crippen molar-refractivity contribution in [2.75, 3.05) is 16.4 Å². The minimum absolute atomic E-state index is 0.111. The molecule has 6 nitrogen and oxygen atoms in total. The monoisotopic (exact) mass is 522 g/mol. The van der Waals surface area contributed by atoms with Gasteiger partial charge < -0.3 is 16.0 Å². The molecule has 0 unspecified atom stereocenters. The SMILES string of the molecule is CC1=C(C(=O)Nc2ccccc2C)[C@H](c2ccccc2)C(C#N)=C(SCC(=O)Nc2ccc(C)cc2C)N1. The lowest BCUT2D eigenvalue weighted by Crippen LogP contribution is -2.31. The van der Waals surface area contributed by atoms with Gasteiger partial charge in [-0.05, 0) is 56.5 Å². The van der Waals surface area contributed by atoms with E-state index in [0.717, 1.165) is 33.6 Å². The van der Waals surface area contributed by atoms with Gasteiger partial charge >= 0.3 is 0 Å². The maximum atomic E-state index is 13.6. The van der Waals surface area contributed by atoms with Crippen LogP contribution in [0.5, 0.6) is 0 Å². The molecule has 192 valence electrons. The fourth-order valence-corrected chi connectivity index (χ4v) is 5.38. The van der Waals surface area contributed by atoms with E-state index in [1.807, 2.05) is 100 Å². The van der Waals surface area contributed by atoms with Gasteiger partial charge in [0.1, 0.15) is 0 Å². The Balaban J connectivity index is 1.61. The summed E-state index contributed by atoms with van der Waals surface area (Å²) in [4.78, 5) is 26.4. The lowest BCUT2D eigenvalue weighted by atomic mass is 9.82. The summed E-state index contributed by atoms with van der Waals surface area (Å²) in [6, 6.07) is 25.3. The van der Waals surface area contributed by atoms with E-state index in [-0.39, 0.29) is 17.6 Å². The number of rotatable bonds is 7. The number of carbonyl (C=O) groups is 2. The maximum Gasteiger partial charge on any atom is 0.254 e. The maximum absolute atomic E-state index is 13.6. The van der Waals surface area contributed by atoms with Crippen molar-refractivity contribution in [3.8, 4) is 6.07 Å². The van der Waals surface area contributed by atoms with Gasteiger partial charge in [0.15, 0.2) is 0 Å². The summed E-state index contributed by atoms with van der Waals surface area (Å²) in [6.45, 7) is 7.72. The molecule has 1 heterocycles. The molecule has 7 heteroatoms. The van der Waals surface area contributed by atoms with Crippen molar-refractivity contribution >= 4 is 35.0 Å². The number of nitriles is 1. The van der Waals surface area contributed by atoms with E-state index in [0.29, 0.717) is 21.9 Å². The first-order chi connectivity index (χ1) is 18.3. The first kappa shape index (κ1) is 26.8. The average Bonchev–Trinajstić information content (AvgIpc) is 2.90. The van der Waals surface area contributed by atoms with E-state index < -0.39 is 5.92 Å². The number of amides is 2. The summed E-state index contributed by atoms with van der Waals surface area (Å²) < 4.78 is 0. The molecule has 0 aromatic heterocycles. The second-order valence-electron chi connectivity index (χ2n) is 9.29. The van der Waals surface area contributed by atoms with Gasteiger partial charge in [-0.2, -0.15) is 5.26 Å². The number of thioether (sulfide) groups is 1. The van der Waals surface area contributed by atoms with Crippen molar-refractivity contribution in [2.24, 2.45) is 0 Å². The van der Waals surface area contributed by atoms with Gasteiger partial charge in [-0.1, -0.05) is 78.0 Å². The zero-order valence-electron chi connectivity index (χ0n) is 21.9. The molecule has 3 aromatic carbocycles. The number of hydrogen-bond donors (Lipinski definition) is 3. The Morgan fingerprint density at radius 2 is 1.58 bits per heavy atom. The predicted octanol–water partition coefficient (Wildman–Crippen LogP) is 6.32. The second kappa shape index (κ2) is 11.8. The van der Waals surface area contributed by atoms with Gasteiger partial charge in [-0.15, -0.1) is 0 Å². The lowest BCUT2D eigenvalue weighted by Gasteiger charge is -2.30. The number of nitrogens with zero attached hydrogens (tertiary/aromatic N) is 1. The zero-order valence-corrected chi connectivity index (χ0v) is 22.7.